The highest BCUT2D eigenvalue weighted by Gasteiger charge is 2.59. The van der Waals surface area contributed by atoms with Crippen LogP contribution in [0.5, 0.6) is 0 Å². The minimum atomic E-state index is 0.335. The number of fused-ring (bicyclic) bond motifs is 5. The lowest BCUT2D eigenvalue weighted by atomic mass is 9.47. The minimum Gasteiger partial charge on any atom is -0.380 e. The molecule has 3 fully saturated rings. The SMILES string of the molecule is CCCCC/C=C\C/C=C\CCCCCCCCOC[C@H](COCCCCCCCO[C@H]1CC[C@@]2(C)C(=CC[C@@H]3C2CC[C@@]2(C)C3CC[C@@H]2[C@H](C)CCCC(C)C)C1)N(C)C. The largest absolute Gasteiger partial charge is 0.380 e. The molecule has 4 rings (SSSR count). The van der Waals surface area contributed by atoms with Gasteiger partial charge in [-0.2, -0.15) is 0 Å². The van der Waals surface area contributed by atoms with Crippen molar-refractivity contribution in [1.82, 2.24) is 4.90 Å². The number of likely N-dealkylation sites (N-methyl/N-ethyl adjacent to an activating group) is 1. The normalized spacial score (nSPS) is 28.8. The van der Waals surface area contributed by atoms with Gasteiger partial charge < -0.3 is 19.1 Å². The van der Waals surface area contributed by atoms with Crippen LogP contribution in [0.1, 0.15) is 221 Å². The van der Waals surface area contributed by atoms with Gasteiger partial charge in [0.25, 0.3) is 0 Å². The van der Waals surface area contributed by atoms with Gasteiger partial charge in [-0.15, -0.1) is 0 Å². The highest BCUT2D eigenvalue weighted by atomic mass is 16.5. The Morgan fingerprint density at radius 1 is 0.672 bits per heavy atom. The third-order valence-corrected chi connectivity index (χ3v) is 16.9. The summed E-state index contributed by atoms with van der Waals surface area (Å²) in [5, 5.41) is 0. The number of rotatable bonds is 34. The fraction of sp³-hybridized carbons (Fsp3) is 0.895. The first-order chi connectivity index (χ1) is 29.6. The van der Waals surface area contributed by atoms with Crippen LogP contribution in [0.4, 0.5) is 0 Å². The van der Waals surface area contributed by atoms with Crippen LogP contribution >= 0.6 is 0 Å². The lowest BCUT2D eigenvalue weighted by Gasteiger charge is -2.58. The van der Waals surface area contributed by atoms with E-state index in [-0.39, 0.29) is 0 Å². The third-order valence-electron chi connectivity index (χ3n) is 16.9. The summed E-state index contributed by atoms with van der Waals surface area (Å²) in [4.78, 5) is 2.26. The van der Waals surface area contributed by atoms with Crippen molar-refractivity contribution in [2.75, 3.05) is 47.1 Å². The summed E-state index contributed by atoms with van der Waals surface area (Å²) >= 11 is 0. The zero-order valence-electron chi connectivity index (χ0n) is 42.0. The average molecular weight is 850 g/mol. The minimum absolute atomic E-state index is 0.335. The second kappa shape index (κ2) is 29.6. The molecule has 0 saturated heterocycles. The van der Waals surface area contributed by atoms with Gasteiger partial charge in [0.1, 0.15) is 0 Å². The number of hydrogen-bond donors (Lipinski definition) is 0. The van der Waals surface area contributed by atoms with Gasteiger partial charge in [0.2, 0.25) is 0 Å². The lowest BCUT2D eigenvalue weighted by Crippen LogP contribution is -2.51. The molecule has 0 aromatic rings. The van der Waals surface area contributed by atoms with Crippen molar-refractivity contribution < 1.29 is 14.2 Å². The molecule has 61 heavy (non-hydrogen) atoms. The Hall–Kier alpha value is -0.940. The van der Waals surface area contributed by atoms with Crippen molar-refractivity contribution in [3.8, 4) is 0 Å². The monoisotopic (exact) mass is 850 g/mol. The molecule has 4 aliphatic rings. The molecule has 0 aromatic carbocycles. The van der Waals surface area contributed by atoms with Crippen LogP contribution < -0.4 is 0 Å². The average Bonchev–Trinajstić information content (AvgIpc) is 3.60. The number of allylic oxidation sites excluding steroid dienone is 5. The van der Waals surface area contributed by atoms with Crippen molar-refractivity contribution in [1.29, 1.82) is 0 Å². The number of nitrogens with zero attached hydrogens (tertiary/aromatic N) is 1. The fourth-order valence-electron chi connectivity index (χ4n) is 12.9. The van der Waals surface area contributed by atoms with Crippen molar-refractivity contribution >= 4 is 0 Å². The van der Waals surface area contributed by atoms with Gasteiger partial charge in [-0.25, -0.2) is 0 Å². The van der Waals surface area contributed by atoms with Crippen LogP contribution in [0.3, 0.4) is 0 Å². The highest BCUT2D eigenvalue weighted by molar-refractivity contribution is 5.25. The second-order valence-corrected chi connectivity index (χ2v) is 22.1. The van der Waals surface area contributed by atoms with Crippen molar-refractivity contribution in [3.63, 3.8) is 0 Å². The van der Waals surface area contributed by atoms with E-state index in [0.29, 0.717) is 23.0 Å². The van der Waals surface area contributed by atoms with Gasteiger partial charge in [-0.3, -0.25) is 0 Å². The quantitative estimate of drug-likeness (QED) is 0.0477. The van der Waals surface area contributed by atoms with Gasteiger partial charge in [-0.1, -0.05) is 155 Å². The first-order valence-electron chi connectivity index (χ1n) is 27.0. The van der Waals surface area contributed by atoms with Crippen molar-refractivity contribution in [2.24, 2.45) is 46.3 Å². The van der Waals surface area contributed by atoms with Crippen LogP contribution in [0.25, 0.3) is 0 Å². The molecule has 4 aliphatic carbocycles. The molecule has 354 valence electrons. The number of ether oxygens (including phenoxy) is 3. The van der Waals surface area contributed by atoms with Gasteiger partial charge in [-0.05, 0) is 163 Å². The summed E-state index contributed by atoms with van der Waals surface area (Å²) in [5.74, 6) is 5.48. The Kier molecular flexibility index (Phi) is 25.5. The van der Waals surface area contributed by atoms with Gasteiger partial charge in [0.15, 0.2) is 0 Å². The molecule has 0 spiro atoms. The van der Waals surface area contributed by atoms with E-state index in [0.717, 1.165) is 81.4 Å². The summed E-state index contributed by atoms with van der Waals surface area (Å²) in [6.07, 6.45) is 49.5. The maximum atomic E-state index is 6.59. The standard InChI is InChI=1S/C57H103NO3/c1-9-10-11-12-13-14-15-16-17-18-19-20-21-22-24-27-41-59-45-50(58(7)8)46-60-42-28-25-23-26-29-43-61-51-37-39-56(5)49(44-51)33-34-52-54-36-35-53(48(4)32-30-31-47(2)3)57(54,6)40-38-55(52)56/h13-14,16-17,33,47-48,50-55H,9-12,15,18-32,34-46H2,1-8H3/b14-13-,17-16-/t48-,50-,51+,52+,53-,54?,55?,56+,57-/m1/s1. The lowest BCUT2D eigenvalue weighted by molar-refractivity contribution is -0.0641. The Balaban J connectivity index is 0.968. The van der Waals surface area contributed by atoms with Crippen LogP contribution in [-0.4, -0.2) is 64.2 Å². The molecule has 0 amide bonds. The maximum absolute atomic E-state index is 6.59. The van der Waals surface area contributed by atoms with Crippen LogP contribution in [0, 0.1) is 46.3 Å². The van der Waals surface area contributed by atoms with E-state index in [1.54, 1.807) is 5.57 Å². The smallest absolute Gasteiger partial charge is 0.0644 e. The van der Waals surface area contributed by atoms with Crippen LogP contribution in [-0.2, 0) is 14.2 Å². The molecule has 2 unspecified atom stereocenters. The Bertz CT molecular complexity index is 1220. The highest BCUT2D eigenvalue weighted by Crippen LogP contribution is 2.67. The third kappa shape index (κ3) is 17.8. The van der Waals surface area contributed by atoms with Gasteiger partial charge in [0.05, 0.1) is 25.4 Å². The topological polar surface area (TPSA) is 30.9 Å². The van der Waals surface area contributed by atoms with Crippen LogP contribution in [0.2, 0.25) is 0 Å². The molecular formula is C57H103NO3. The molecule has 4 heteroatoms. The van der Waals surface area contributed by atoms with Gasteiger partial charge in [0, 0.05) is 19.8 Å². The molecule has 0 aromatic heterocycles. The zero-order chi connectivity index (χ0) is 43.8. The molecule has 0 N–H and O–H groups in total. The number of unbranched alkanes of at least 4 members (excludes halogenated alkanes) is 13. The van der Waals surface area contributed by atoms with E-state index in [1.807, 2.05) is 0 Å². The first kappa shape index (κ1) is 52.7. The summed E-state index contributed by atoms with van der Waals surface area (Å²) in [6, 6.07) is 0.335. The van der Waals surface area contributed by atoms with Crippen molar-refractivity contribution in [2.45, 2.75) is 233 Å². The zero-order valence-corrected chi connectivity index (χ0v) is 42.0. The molecule has 0 bridgehead atoms. The summed E-state index contributed by atoms with van der Waals surface area (Å²) in [6.45, 7) is 19.3. The molecular weight excluding hydrogens is 747 g/mol. The molecule has 0 radical (unpaired) electrons. The Labute approximate surface area is 380 Å². The van der Waals surface area contributed by atoms with E-state index < -0.39 is 0 Å². The summed E-state index contributed by atoms with van der Waals surface area (Å²) < 4.78 is 18.8. The molecule has 0 heterocycles. The van der Waals surface area contributed by atoms with E-state index in [4.69, 9.17) is 14.2 Å². The van der Waals surface area contributed by atoms with E-state index in [2.05, 4.69) is 90.9 Å². The molecule has 4 nitrogen and oxygen atoms in total. The summed E-state index contributed by atoms with van der Waals surface area (Å²) in [7, 11) is 4.30. The predicted octanol–water partition coefficient (Wildman–Crippen LogP) is 16.1. The fourth-order valence-corrected chi connectivity index (χ4v) is 12.9. The Morgan fingerprint density at radius 3 is 1.93 bits per heavy atom. The first-order valence-corrected chi connectivity index (χ1v) is 27.0. The van der Waals surface area contributed by atoms with Crippen molar-refractivity contribution in [3.05, 3.63) is 36.0 Å². The molecule has 0 aliphatic heterocycles. The predicted molar refractivity (Wildman–Crippen MR) is 264 cm³/mol. The second-order valence-electron chi connectivity index (χ2n) is 22.1. The molecule has 9 atom stereocenters. The summed E-state index contributed by atoms with van der Waals surface area (Å²) in [5.41, 5.74) is 2.79. The Morgan fingerprint density at radius 2 is 1.30 bits per heavy atom. The number of hydrogen-bond acceptors (Lipinski definition) is 4. The van der Waals surface area contributed by atoms with Crippen LogP contribution in [0.15, 0.2) is 36.0 Å². The van der Waals surface area contributed by atoms with E-state index >= 15 is 0 Å². The van der Waals surface area contributed by atoms with E-state index in [9.17, 15) is 0 Å². The van der Waals surface area contributed by atoms with E-state index in [1.165, 1.54) is 167 Å². The maximum Gasteiger partial charge on any atom is 0.0644 e. The molecule has 3 saturated carbocycles. The van der Waals surface area contributed by atoms with Gasteiger partial charge >= 0.3 is 0 Å².